The van der Waals surface area contributed by atoms with Gasteiger partial charge in [0.05, 0.1) is 6.04 Å². The van der Waals surface area contributed by atoms with E-state index < -0.39 is 0 Å². The van der Waals surface area contributed by atoms with Gasteiger partial charge in [0, 0.05) is 9.75 Å². The number of hydrazine groups is 1. The smallest absolute Gasteiger partial charge is 0.123 e. The van der Waals surface area contributed by atoms with E-state index in [9.17, 15) is 4.39 Å². The highest BCUT2D eigenvalue weighted by molar-refractivity contribution is 7.12. The first-order valence-electron chi connectivity index (χ1n) is 5.39. The molecule has 2 nitrogen and oxygen atoms in total. The summed E-state index contributed by atoms with van der Waals surface area (Å²) in [5, 5.41) is 0. The van der Waals surface area contributed by atoms with E-state index in [1.807, 2.05) is 32.0 Å². The summed E-state index contributed by atoms with van der Waals surface area (Å²) in [6, 6.07) is 8.89. The van der Waals surface area contributed by atoms with Crippen LogP contribution in [0.4, 0.5) is 4.39 Å². The molecule has 0 bridgehead atoms. The lowest BCUT2D eigenvalue weighted by Gasteiger charge is -2.15. The van der Waals surface area contributed by atoms with Gasteiger partial charge in [0.1, 0.15) is 5.82 Å². The van der Waals surface area contributed by atoms with E-state index in [1.165, 1.54) is 17.0 Å². The minimum Gasteiger partial charge on any atom is -0.271 e. The molecule has 17 heavy (non-hydrogen) atoms. The summed E-state index contributed by atoms with van der Waals surface area (Å²) in [7, 11) is 0. The van der Waals surface area contributed by atoms with Gasteiger partial charge in [-0.25, -0.2) is 9.82 Å². The van der Waals surface area contributed by atoms with Crippen molar-refractivity contribution in [3.63, 3.8) is 0 Å². The van der Waals surface area contributed by atoms with E-state index in [4.69, 9.17) is 5.84 Å². The second-order valence-corrected chi connectivity index (χ2v) is 5.43. The number of nitrogens with one attached hydrogen (secondary N) is 1. The van der Waals surface area contributed by atoms with Crippen LogP contribution in [0.1, 0.15) is 26.9 Å². The number of rotatable bonds is 3. The zero-order chi connectivity index (χ0) is 12.4. The normalized spacial score (nSPS) is 12.7. The van der Waals surface area contributed by atoms with E-state index in [1.54, 1.807) is 11.3 Å². The van der Waals surface area contributed by atoms with Crippen molar-refractivity contribution in [2.45, 2.75) is 19.9 Å². The summed E-state index contributed by atoms with van der Waals surface area (Å²) in [6.45, 7) is 3.92. The quantitative estimate of drug-likeness (QED) is 0.649. The zero-order valence-corrected chi connectivity index (χ0v) is 10.6. The lowest BCUT2D eigenvalue weighted by atomic mass is 10.0. The van der Waals surface area contributed by atoms with Crippen LogP contribution >= 0.6 is 11.3 Å². The summed E-state index contributed by atoms with van der Waals surface area (Å²) in [5.41, 5.74) is 4.50. The molecule has 2 rings (SSSR count). The Morgan fingerprint density at radius 2 is 2.00 bits per heavy atom. The van der Waals surface area contributed by atoms with Crippen LogP contribution < -0.4 is 11.3 Å². The molecule has 0 fully saturated rings. The lowest BCUT2D eigenvalue weighted by Crippen LogP contribution is -2.28. The molecule has 1 aromatic heterocycles. The molecule has 1 heterocycles. The fraction of sp³-hybridized carbons (Fsp3) is 0.231. The number of aryl methyl sites for hydroxylation is 2. The van der Waals surface area contributed by atoms with Crippen LogP contribution in [0.15, 0.2) is 30.3 Å². The van der Waals surface area contributed by atoms with Crippen LogP contribution in [0.2, 0.25) is 0 Å². The van der Waals surface area contributed by atoms with E-state index in [0.717, 1.165) is 16.0 Å². The van der Waals surface area contributed by atoms with Gasteiger partial charge in [-0.05, 0) is 49.2 Å². The SMILES string of the molecule is Cc1cc(F)cc(C(NN)c2ccc(C)s2)c1. The Labute approximate surface area is 104 Å². The predicted octanol–water partition coefficient (Wildman–Crippen LogP) is 3.06. The highest BCUT2D eigenvalue weighted by Crippen LogP contribution is 2.28. The maximum Gasteiger partial charge on any atom is 0.123 e. The molecule has 2 aromatic rings. The zero-order valence-electron chi connectivity index (χ0n) is 9.83. The fourth-order valence-corrected chi connectivity index (χ4v) is 2.85. The number of hydrogen-bond acceptors (Lipinski definition) is 3. The molecule has 0 saturated carbocycles. The summed E-state index contributed by atoms with van der Waals surface area (Å²) in [5.74, 6) is 5.35. The Morgan fingerprint density at radius 1 is 1.24 bits per heavy atom. The van der Waals surface area contributed by atoms with Gasteiger partial charge in [-0.3, -0.25) is 5.84 Å². The third-order valence-corrected chi connectivity index (χ3v) is 3.68. The van der Waals surface area contributed by atoms with E-state index in [-0.39, 0.29) is 11.9 Å². The molecule has 1 aromatic carbocycles. The largest absolute Gasteiger partial charge is 0.271 e. The Hall–Kier alpha value is -1.23. The fourth-order valence-electron chi connectivity index (χ4n) is 1.88. The van der Waals surface area contributed by atoms with Crippen molar-refractivity contribution in [2.24, 2.45) is 5.84 Å². The maximum atomic E-state index is 13.4. The van der Waals surface area contributed by atoms with E-state index in [2.05, 4.69) is 5.43 Å². The minimum absolute atomic E-state index is 0.150. The van der Waals surface area contributed by atoms with Gasteiger partial charge in [0.25, 0.3) is 0 Å². The van der Waals surface area contributed by atoms with Crippen molar-refractivity contribution in [3.8, 4) is 0 Å². The molecule has 4 heteroatoms. The summed E-state index contributed by atoms with van der Waals surface area (Å²) < 4.78 is 13.4. The predicted molar refractivity (Wildman–Crippen MR) is 69.4 cm³/mol. The van der Waals surface area contributed by atoms with Crippen molar-refractivity contribution < 1.29 is 4.39 Å². The summed E-state index contributed by atoms with van der Waals surface area (Å²) in [4.78, 5) is 2.31. The van der Waals surface area contributed by atoms with Crippen molar-refractivity contribution in [1.82, 2.24) is 5.43 Å². The molecule has 0 spiro atoms. The molecule has 0 aliphatic carbocycles. The first kappa shape index (κ1) is 12.2. The number of thiophene rings is 1. The van der Waals surface area contributed by atoms with Gasteiger partial charge in [0.2, 0.25) is 0 Å². The third-order valence-electron chi connectivity index (χ3n) is 2.61. The molecule has 90 valence electrons. The minimum atomic E-state index is -0.228. The number of hydrogen-bond donors (Lipinski definition) is 2. The van der Waals surface area contributed by atoms with Crippen LogP contribution in [-0.2, 0) is 0 Å². The first-order valence-corrected chi connectivity index (χ1v) is 6.21. The molecule has 0 saturated heterocycles. The molecule has 0 amide bonds. The number of halogens is 1. The van der Waals surface area contributed by atoms with Crippen LogP contribution in [0.3, 0.4) is 0 Å². The van der Waals surface area contributed by atoms with Crippen molar-refractivity contribution in [2.75, 3.05) is 0 Å². The van der Waals surface area contributed by atoms with Crippen LogP contribution in [0.5, 0.6) is 0 Å². The molecule has 3 N–H and O–H groups in total. The number of benzene rings is 1. The Balaban J connectivity index is 2.41. The monoisotopic (exact) mass is 250 g/mol. The molecule has 1 atom stereocenters. The highest BCUT2D eigenvalue weighted by Gasteiger charge is 2.15. The molecule has 1 unspecified atom stereocenters. The van der Waals surface area contributed by atoms with E-state index >= 15 is 0 Å². The highest BCUT2D eigenvalue weighted by atomic mass is 32.1. The van der Waals surface area contributed by atoms with Crippen molar-refractivity contribution in [1.29, 1.82) is 0 Å². The first-order chi connectivity index (χ1) is 8.10. The average molecular weight is 250 g/mol. The van der Waals surface area contributed by atoms with Crippen molar-refractivity contribution in [3.05, 3.63) is 57.0 Å². The Morgan fingerprint density at radius 3 is 2.53 bits per heavy atom. The molecular formula is C13H15FN2S. The lowest BCUT2D eigenvalue weighted by molar-refractivity contribution is 0.607. The summed E-state index contributed by atoms with van der Waals surface area (Å²) >= 11 is 1.66. The van der Waals surface area contributed by atoms with E-state index in [0.29, 0.717) is 0 Å². The third kappa shape index (κ3) is 2.72. The van der Waals surface area contributed by atoms with Gasteiger partial charge >= 0.3 is 0 Å². The Kier molecular flexibility index (Phi) is 3.57. The number of nitrogens with two attached hydrogens (primary N) is 1. The van der Waals surface area contributed by atoms with Gasteiger partial charge < -0.3 is 0 Å². The molecule has 0 aliphatic rings. The molecular weight excluding hydrogens is 235 g/mol. The van der Waals surface area contributed by atoms with Gasteiger partial charge in [-0.2, -0.15) is 0 Å². The standard InChI is InChI=1S/C13H15FN2S/c1-8-5-10(7-11(14)6-8)13(16-15)12-4-3-9(2)17-12/h3-7,13,16H,15H2,1-2H3. The maximum absolute atomic E-state index is 13.4. The average Bonchev–Trinajstić information content (AvgIpc) is 2.64. The second kappa shape index (κ2) is 4.96. The van der Waals surface area contributed by atoms with Gasteiger partial charge in [-0.15, -0.1) is 11.3 Å². The van der Waals surface area contributed by atoms with Gasteiger partial charge in [0.15, 0.2) is 0 Å². The Bertz CT molecular complexity index is 502. The topological polar surface area (TPSA) is 38.0 Å². The van der Waals surface area contributed by atoms with Crippen LogP contribution in [-0.4, -0.2) is 0 Å². The van der Waals surface area contributed by atoms with Crippen LogP contribution in [0.25, 0.3) is 0 Å². The van der Waals surface area contributed by atoms with Gasteiger partial charge in [-0.1, -0.05) is 6.07 Å². The van der Waals surface area contributed by atoms with Crippen molar-refractivity contribution >= 4 is 11.3 Å². The molecule has 0 aliphatic heterocycles. The van der Waals surface area contributed by atoms with Crippen LogP contribution in [0, 0.1) is 19.7 Å². The second-order valence-electron chi connectivity index (χ2n) is 4.11. The molecule has 0 radical (unpaired) electrons. The summed E-state index contributed by atoms with van der Waals surface area (Å²) in [6.07, 6.45) is 0.